The normalized spacial score (nSPS) is 12.8. The van der Waals surface area contributed by atoms with Gasteiger partial charge in [-0.3, -0.25) is 4.79 Å². The van der Waals surface area contributed by atoms with Crippen LogP contribution in [0.5, 0.6) is 0 Å². The van der Waals surface area contributed by atoms with Gasteiger partial charge in [-0.05, 0) is 31.5 Å². The minimum Gasteiger partial charge on any atom is -0.481 e. The molecule has 0 saturated heterocycles. The smallest absolute Gasteiger partial charge is 0.313 e. The van der Waals surface area contributed by atoms with Crippen LogP contribution in [0.15, 0.2) is 27.8 Å². The third-order valence-electron chi connectivity index (χ3n) is 2.98. The Morgan fingerprint density at radius 3 is 2.95 bits per heavy atom. The van der Waals surface area contributed by atoms with E-state index in [1.807, 2.05) is 18.2 Å². The maximum atomic E-state index is 10.7. The first-order valence-electron chi connectivity index (χ1n) is 6.05. The topological polar surface area (TPSA) is 55.1 Å². The van der Waals surface area contributed by atoms with E-state index >= 15 is 0 Å². The third kappa shape index (κ3) is 3.12. The molecule has 0 spiro atoms. The molecule has 0 amide bonds. The number of carboxylic acid groups (broad SMARTS) is 1. The molecule has 2 rings (SSSR count). The molecule has 0 fully saturated rings. The molecule has 1 heterocycles. The average Bonchev–Trinajstić information content (AvgIpc) is 2.72. The van der Waals surface area contributed by atoms with Crippen molar-refractivity contribution in [3.05, 3.63) is 22.7 Å². The van der Waals surface area contributed by atoms with Crippen molar-refractivity contribution in [2.24, 2.45) is 0 Å². The molecule has 1 aromatic carbocycles. The Morgan fingerprint density at radius 2 is 2.32 bits per heavy atom. The second-order valence-electron chi connectivity index (χ2n) is 4.34. The fourth-order valence-electron chi connectivity index (χ4n) is 1.89. The molecule has 1 atom stereocenters. The highest BCUT2D eigenvalue weighted by molar-refractivity contribution is 9.10. The summed E-state index contributed by atoms with van der Waals surface area (Å²) in [7, 11) is 0. The molecule has 2 aromatic rings. The highest BCUT2D eigenvalue weighted by Crippen LogP contribution is 2.30. The van der Waals surface area contributed by atoms with Crippen LogP contribution in [0.4, 0.5) is 0 Å². The van der Waals surface area contributed by atoms with Crippen molar-refractivity contribution < 1.29 is 9.90 Å². The van der Waals surface area contributed by atoms with Gasteiger partial charge in [0.2, 0.25) is 0 Å². The molecule has 0 aliphatic rings. The Balaban J connectivity index is 2.50. The predicted octanol–water partition coefficient (Wildman–Crippen LogP) is 3.95. The van der Waals surface area contributed by atoms with Gasteiger partial charge >= 0.3 is 5.97 Å². The number of carboxylic acids is 1. The van der Waals surface area contributed by atoms with Gasteiger partial charge < -0.3 is 9.67 Å². The molecule has 4 nitrogen and oxygen atoms in total. The van der Waals surface area contributed by atoms with Gasteiger partial charge in [-0.15, -0.1) is 0 Å². The Hall–Kier alpha value is -1.01. The van der Waals surface area contributed by atoms with Crippen LogP contribution in [0.25, 0.3) is 11.0 Å². The summed E-state index contributed by atoms with van der Waals surface area (Å²) in [5.74, 6) is -0.796. The quantitative estimate of drug-likeness (QED) is 0.836. The van der Waals surface area contributed by atoms with Crippen LogP contribution in [0, 0.1) is 0 Å². The van der Waals surface area contributed by atoms with Gasteiger partial charge in [-0.1, -0.05) is 34.6 Å². The second-order valence-corrected chi connectivity index (χ2v) is 6.20. The number of hydrogen-bond acceptors (Lipinski definition) is 3. The molecule has 0 aliphatic carbocycles. The minimum atomic E-state index is -0.825. The number of benzene rings is 1. The van der Waals surface area contributed by atoms with Crippen molar-refractivity contribution in [2.75, 3.05) is 5.75 Å². The maximum absolute atomic E-state index is 10.7. The van der Waals surface area contributed by atoms with E-state index in [1.165, 1.54) is 11.8 Å². The Labute approximate surface area is 124 Å². The standard InChI is InChI=1S/C13H15BrN2O2S/c1-3-8(2)16-11-5-4-9(14)6-10(11)15-13(16)19-7-12(17)18/h4-6,8H,3,7H2,1-2H3,(H,17,18). The molecule has 1 unspecified atom stereocenters. The van der Waals surface area contributed by atoms with Crippen molar-refractivity contribution in [1.29, 1.82) is 0 Å². The van der Waals surface area contributed by atoms with Gasteiger partial charge in [-0.25, -0.2) is 4.98 Å². The molecule has 0 aliphatic heterocycles. The number of carbonyl (C=O) groups is 1. The van der Waals surface area contributed by atoms with Crippen molar-refractivity contribution in [3.63, 3.8) is 0 Å². The molecule has 0 bridgehead atoms. The summed E-state index contributed by atoms with van der Waals surface area (Å²) in [6.45, 7) is 4.23. The summed E-state index contributed by atoms with van der Waals surface area (Å²) in [6.07, 6.45) is 0.974. The van der Waals surface area contributed by atoms with E-state index in [-0.39, 0.29) is 5.75 Å². The molecule has 1 N–H and O–H groups in total. The molecular formula is C13H15BrN2O2S. The van der Waals surface area contributed by atoms with Crippen molar-refractivity contribution in [2.45, 2.75) is 31.5 Å². The van der Waals surface area contributed by atoms with Crippen molar-refractivity contribution in [1.82, 2.24) is 9.55 Å². The van der Waals surface area contributed by atoms with Gasteiger partial charge in [0.1, 0.15) is 0 Å². The lowest BCUT2D eigenvalue weighted by atomic mass is 10.2. The van der Waals surface area contributed by atoms with E-state index in [0.29, 0.717) is 6.04 Å². The number of aromatic nitrogens is 2. The third-order valence-corrected chi connectivity index (χ3v) is 4.41. The van der Waals surface area contributed by atoms with Crippen LogP contribution in [-0.2, 0) is 4.79 Å². The monoisotopic (exact) mass is 342 g/mol. The molecular weight excluding hydrogens is 328 g/mol. The Bertz CT molecular complexity index is 612. The fraction of sp³-hybridized carbons (Fsp3) is 0.385. The van der Waals surface area contributed by atoms with Gasteiger partial charge in [0, 0.05) is 10.5 Å². The highest BCUT2D eigenvalue weighted by atomic mass is 79.9. The number of nitrogens with zero attached hydrogens (tertiary/aromatic N) is 2. The van der Waals surface area contributed by atoms with Gasteiger partial charge in [0.25, 0.3) is 0 Å². The van der Waals surface area contributed by atoms with E-state index in [0.717, 1.165) is 27.1 Å². The van der Waals surface area contributed by atoms with E-state index in [4.69, 9.17) is 5.11 Å². The number of halogens is 1. The number of thioether (sulfide) groups is 1. The van der Waals surface area contributed by atoms with Gasteiger partial charge in [0.15, 0.2) is 5.16 Å². The van der Waals surface area contributed by atoms with Crippen LogP contribution in [0.3, 0.4) is 0 Å². The second kappa shape index (κ2) is 5.96. The lowest BCUT2D eigenvalue weighted by Gasteiger charge is -2.15. The first-order chi connectivity index (χ1) is 9.02. The average molecular weight is 343 g/mol. The molecule has 0 saturated carbocycles. The summed E-state index contributed by atoms with van der Waals surface area (Å²) in [5, 5.41) is 9.58. The van der Waals surface area contributed by atoms with E-state index in [9.17, 15) is 4.79 Å². The predicted molar refractivity (Wildman–Crippen MR) is 80.8 cm³/mol. The summed E-state index contributed by atoms with van der Waals surface area (Å²) in [5.41, 5.74) is 1.94. The summed E-state index contributed by atoms with van der Waals surface area (Å²) >= 11 is 4.70. The van der Waals surface area contributed by atoms with E-state index in [2.05, 4.69) is 39.3 Å². The zero-order valence-electron chi connectivity index (χ0n) is 10.8. The summed E-state index contributed by atoms with van der Waals surface area (Å²) < 4.78 is 3.10. The summed E-state index contributed by atoms with van der Waals surface area (Å²) in [4.78, 5) is 15.3. The van der Waals surface area contributed by atoms with Crippen LogP contribution in [0.2, 0.25) is 0 Å². The molecule has 6 heteroatoms. The zero-order chi connectivity index (χ0) is 14.0. The molecule has 19 heavy (non-hydrogen) atoms. The number of fused-ring (bicyclic) bond motifs is 1. The minimum absolute atomic E-state index is 0.0287. The number of rotatable bonds is 5. The van der Waals surface area contributed by atoms with E-state index < -0.39 is 5.97 Å². The van der Waals surface area contributed by atoms with Crippen LogP contribution in [-0.4, -0.2) is 26.4 Å². The Morgan fingerprint density at radius 1 is 1.58 bits per heavy atom. The SMILES string of the molecule is CCC(C)n1c(SCC(=O)O)nc2cc(Br)ccc21. The molecule has 1 aromatic heterocycles. The van der Waals surface area contributed by atoms with E-state index in [1.54, 1.807) is 0 Å². The lowest BCUT2D eigenvalue weighted by molar-refractivity contribution is -0.133. The summed E-state index contributed by atoms with van der Waals surface area (Å²) in [6, 6.07) is 6.25. The van der Waals surface area contributed by atoms with Crippen LogP contribution < -0.4 is 0 Å². The molecule has 0 radical (unpaired) electrons. The van der Waals surface area contributed by atoms with Crippen molar-refractivity contribution >= 4 is 44.7 Å². The molecule has 102 valence electrons. The lowest BCUT2D eigenvalue weighted by Crippen LogP contribution is -2.07. The maximum Gasteiger partial charge on any atom is 0.313 e. The highest BCUT2D eigenvalue weighted by Gasteiger charge is 2.16. The fourth-order valence-corrected chi connectivity index (χ4v) is 3.07. The van der Waals surface area contributed by atoms with Gasteiger partial charge in [0.05, 0.1) is 16.8 Å². The van der Waals surface area contributed by atoms with Crippen LogP contribution in [0.1, 0.15) is 26.3 Å². The first kappa shape index (κ1) is 14.4. The number of aliphatic carboxylic acids is 1. The number of hydrogen-bond donors (Lipinski definition) is 1. The number of imidazole rings is 1. The van der Waals surface area contributed by atoms with Crippen LogP contribution >= 0.6 is 27.7 Å². The van der Waals surface area contributed by atoms with Gasteiger partial charge in [-0.2, -0.15) is 0 Å². The van der Waals surface area contributed by atoms with Crippen molar-refractivity contribution in [3.8, 4) is 0 Å². The first-order valence-corrected chi connectivity index (χ1v) is 7.83. The zero-order valence-corrected chi connectivity index (χ0v) is 13.2. The Kier molecular flexibility index (Phi) is 4.52. The largest absolute Gasteiger partial charge is 0.481 e.